The maximum absolute atomic E-state index is 12.5. The van der Waals surface area contributed by atoms with Gasteiger partial charge in [-0.15, -0.1) is 0 Å². The molecule has 2 amide bonds. The number of unbranched alkanes of at least 4 members (excludes halogenated alkanes) is 2. The second kappa shape index (κ2) is 18.3. The summed E-state index contributed by atoms with van der Waals surface area (Å²) in [7, 11) is 0. The van der Waals surface area contributed by atoms with E-state index in [1.165, 1.54) is 12.4 Å². The molecule has 4 aromatic rings. The lowest BCUT2D eigenvalue weighted by atomic mass is 10.1. The van der Waals surface area contributed by atoms with E-state index >= 15 is 0 Å². The van der Waals surface area contributed by atoms with Crippen molar-refractivity contribution in [2.45, 2.75) is 32.1 Å². The first-order valence-electron chi connectivity index (χ1n) is 14.6. The third kappa shape index (κ3) is 11.7. The van der Waals surface area contributed by atoms with Gasteiger partial charge in [0, 0.05) is 32.9 Å². The number of nitrogens with zero attached hydrogens (tertiary/aromatic N) is 2. The van der Waals surface area contributed by atoms with Gasteiger partial charge in [0.2, 0.25) is 11.8 Å². The first-order valence-corrected chi connectivity index (χ1v) is 16.1. The van der Waals surface area contributed by atoms with Gasteiger partial charge in [-0.25, -0.2) is 20.4 Å². The Balaban J connectivity index is 1.16. The predicted molar refractivity (Wildman–Crippen MR) is 186 cm³/mol. The SMILES string of the molecule is O=C(CCCCCC(=O)N/N=C\c1cc(Br)ccc1OC(=O)c1ccccc1)N/N=C\c1cc(Br)ccc1OC(=O)c1ccccc1. The van der Waals surface area contributed by atoms with E-state index < -0.39 is 11.9 Å². The predicted octanol–water partition coefficient (Wildman–Crippen LogP) is 7.20. The van der Waals surface area contributed by atoms with E-state index in [0.717, 1.165) is 8.95 Å². The summed E-state index contributed by atoms with van der Waals surface area (Å²) < 4.78 is 12.5. The van der Waals surface area contributed by atoms with Gasteiger partial charge >= 0.3 is 11.9 Å². The van der Waals surface area contributed by atoms with Crippen LogP contribution in [0.2, 0.25) is 0 Å². The summed E-state index contributed by atoms with van der Waals surface area (Å²) in [5.41, 5.74) is 6.78. The normalized spacial score (nSPS) is 10.9. The number of esters is 2. The highest BCUT2D eigenvalue weighted by Gasteiger charge is 2.13. The van der Waals surface area contributed by atoms with Crippen molar-refractivity contribution < 1.29 is 28.7 Å². The minimum Gasteiger partial charge on any atom is -0.422 e. The number of ether oxygens (including phenoxy) is 2. The Morgan fingerprint density at radius 3 is 1.38 bits per heavy atom. The fraction of sp³-hybridized carbons (Fsp3) is 0.143. The number of hydrogen-bond donors (Lipinski definition) is 2. The van der Waals surface area contributed by atoms with E-state index in [4.69, 9.17) is 9.47 Å². The van der Waals surface area contributed by atoms with Gasteiger partial charge in [0.1, 0.15) is 11.5 Å². The molecule has 240 valence electrons. The molecular weight excluding hydrogens is 732 g/mol. The van der Waals surface area contributed by atoms with E-state index in [1.54, 1.807) is 84.9 Å². The van der Waals surface area contributed by atoms with Gasteiger partial charge in [-0.05, 0) is 73.5 Å². The quantitative estimate of drug-likeness (QED) is 0.0459. The third-order valence-corrected chi connectivity index (χ3v) is 7.45. The molecule has 12 heteroatoms. The third-order valence-electron chi connectivity index (χ3n) is 6.46. The van der Waals surface area contributed by atoms with Gasteiger partial charge in [-0.2, -0.15) is 10.2 Å². The van der Waals surface area contributed by atoms with Crippen LogP contribution in [-0.4, -0.2) is 36.2 Å². The van der Waals surface area contributed by atoms with Crippen molar-refractivity contribution in [3.05, 3.63) is 128 Å². The Morgan fingerprint density at radius 2 is 0.979 bits per heavy atom. The van der Waals surface area contributed by atoms with Crippen molar-refractivity contribution in [3.8, 4) is 11.5 Å². The molecule has 2 N–H and O–H groups in total. The molecule has 4 aromatic carbocycles. The van der Waals surface area contributed by atoms with Crippen LogP contribution in [0.1, 0.15) is 63.9 Å². The lowest BCUT2D eigenvalue weighted by Gasteiger charge is -2.08. The van der Waals surface area contributed by atoms with Crippen molar-refractivity contribution in [3.63, 3.8) is 0 Å². The number of hydrazone groups is 2. The van der Waals surface area contributed by atoms with Gasteiger partial charge in [0.05, 0.1) is 23.6 Å². The Bertz CT molecular complexity index is 1640. The largest absolute Gasteiger partial charge is 0.422 e. The van der Waals surface area contributed by atoms with Crippen molar-refractivity contribution in [1.29, 1.82) is 0 Å². The summed E-state index contributed by atoms with van der Waals surface area (Å²) in [5, 5.41) is 8.01. The fourth-order valence-corrected chi connectivity index (χ4v) is 4.86. The van der Waals surface area contributed by atoms with E-state index in [9.17, 15) is 19.2 Å². The van der Waals surface area contributed by atoms with Crippen LogP contribution < -0.4 is 20.3 Å². The van der Waals surface area contributed by atoms with E-state index in [2.05, 4.69) is 52.9 Å². The van der Waals surface area contributed by atoms with Gasteiger partial charge < -0.3 is 9.47 Å². The first kappa shape index (κ1) is 34.9. The number of hydrogen-bond acceptors (Lipinski definition) is 8. The van der Waals surface area contributed by atoms with Crippen molar-refractivity contribution in [1.82, 2.24) is 10.9 Å². The van der Waals surface area contributed by atoms with Crippen LogP contribution in [0.5, 0.6) is 11.5 Å². The molecule has 0 atom stereocenters. The Kier molecular flexibility index (Phi) is 13.6. The van der Waals surface area contributed by atoms with Gasteiger partial charge in [0.25, 0.3) is 0 Å². The number of benzene rings is 4. The van der Waals surface area contributed by atoms with Crippen LogP contribution in [-0.2, 0) is 9.59 Å². The van der Waals surface area contributed by atoms with Gasteiger partial charge in [0.15, 0.2) is 0 Å². The molecule has 0 spiro atoms. The van der Waals surface area contributed by atoms with Crippen molar-refractivity contribution in [2.24, 2.45) is 10.2 Å². The Morgan fingerprint density at radius 1 is 0.574 bits per heavy atom. The topological polar surface area (TPSA) is 136 Å². The van der Waals surface area contributed by atoms with Crippen LogP contribution in [0.3, 0.4) is 0 Å². The van der Waals surface area contributed by atoms with E-state index in [0.29, 0.717) is 53.0 Å². The average Bonchev–Trinajstić information content (AvgIpc) is 3.07. The molecule has 0 saturated carbocycles. The minimum atomic E-state index is -0.507. The molecule has 0 fully saturated rings. The highest BCUT2D eigenvalue weighted by atomic mass is 79.9. The van der Waals surface area contributed by atoms with Crippen LogP contribution in [0.15, 0.2) is 116 Å². The monoisotopic (exact) mass is 760 g/mol. The molecule has 0 aromatic heterocycles. The first-order chi connectivity index (χ1) is 22.8. The molecule has 0 unspecified atom stereocenters. The lowest BCUT2D eigenvalue weighted by molar-refractivity contribution is -0.121. The maximum atomic E-state index is 12.5. The molecule has 0 bridgehead atoms. The number of amides is 2. The highest BCUT2D eigenvalue weighted by Crippen LogP contribution is 2.24. The summed E-state index contributed by atoms with van der Waals surface area (Å²) in [6.07, 6.45) is 5.02. The van der Waals surface area contributed by atoms with E-state index in [-0.39, 0.29) is 24.7 Å². The molecule has 4 rings (SSSR count). The maximum Gasteiger partial charge on any atom is 0.343 e. The number of carbonyl (C=O) groups is 4. The van der Waals surface area contributed by atoms with E-state index in [1.807, 2.05) is 12.1 Å². The molecule has 0 aliphatic carbocycles. The standard InChI is InChI=1S/C35H30Br2N4O6/c36-28-16-18-30(46-34(44)24-10-4-1-5-11-24)26(20-28)22-38-40-32(42)14-8-3-9-15-33(43)41-39-23-27-21-29(37)17-19-31(27)47-35(45)25-12-6-2-7-13-25/h1-2,4-7,10-13,16-23H,3,8-9,14-15H2,(H,40,42)(H,41,43)/b38-22-,39-23-. The van der Waals surface area contributed by atoms with Gasteiger partial charge in [-0.1, -0.05) is 74.7 Å². The van der Waals surface area contributed by atoms with Crippen molar-refractivity contribution in [2.75, 3.05) is 0 Å². The smallest absolute Gasteiger partial charge is 0.343 e. The summed E-state index contributed by atoms with van der Waals surface area (Å²) in [4.78, 5) is 49.5. The molecule has 10 nitrogen and oxygen atoms in total. The van der Waals surface area contributed by atoms with Crippen LogP contribution >= 0.6 is 31.9 Å². The number of nitrogens with one attached hydrogen (secondary N) is 2. The summed E-state index contributed by atoms with van der Waals surface area (Å²) in [6, 6.07) is 27.4. The molecule has 0 heterocycles. The Labute approximate surface area is 288 Å². The fourth-order valence-electron chi connectivity index (χ4n) is 4.10. The number of carbonyl (C=O) groups excluding carboxylic acids is 4. The summed E-state index contributed by atoms with van der Waals surface area (Å²) in [5.74, 6) is -0.991. The second-order valence-electron chi connectivity index (χ2n) is 10.0. The summed E-state index contributed by atoms with van der Waals surface area (Å²) >= 11 is 6.78. The zero-order valence-corrected chi connectivity index (χ0v) is 28.2. The second-order valence-corrected chi connectivity index (χ2v) is 11.9. The summed E-state index contributed by atoms with van der Waals surface area (Å²) in [6.45, 7) is 0. The zero-order chi connectivity index (χ0) is 33.4. The lowest BCUT2D eigenvalue weighted by Crippen LogP contribution is -2.18. The zero-order valence-electron chi connectivity index (χ0n) is 25.0. The van der Waals surface area contributed by atoms with Crippen LogP contribution in [0.25, 0.3) is 0 Å². The molecule has 0 radical (unpaired) electrons. The minimum absolute atomic E-state index is 0.221. The van der Waals surface area contributed by atoms with Gasteiger partial charge in [-0.3, -0.25) is 9.59 Å². The van der Waals surface area contributed by atoms with Crippen molar-refractivity contribution >= 4 is 68.0 Å². The molecule has 0 aliphatic rings. The molecule has 0 aliphatic heterocycles. The molecule has 47 heavy (non-hydrogen) atoms. The van der Waals surface area contributed by atoms with Crippen LogP contribution in [0.4, 0.5) is 0 Å². The molecule has 0 saturated heterocycles. The average molecular weight is 762 g/mol. The van der Waals surface area contributed by atoms with Crippen LogP contribution in [0, 0.1) is 0 Å². The molecular formula is C35H30Br2N4O6. The Hall–Kier alpha value is -4.94. The highest BCUT2D eigenvalue weighted by molar-refractivity contribution is 9.10. The number of halogens is 2. The number of rotatable bonds is 14.